The lowest BCUT2D eigenvalue weighted by molar-refractivity contribution is 0.0952. The van der Waals surface area contributed by atoms with E-state index in [4.69, 9.17) is 11.6 Å². The highest BCUT2D eigenvalue weighted by molar-refractivity contribution is 7.18. The van der Waals surface area contributed by atoms with Crippen molar-refractivity contribution in [1.29, 1.82) is 0 Å². The van der Waals surface area contributed by atoms with Gasteiger partial charge in [0.05, 0.1) is 20.6 Å². The van der Waals surface area contributed by atoms with Crippen molar-refractivity contribution in [2.45, 2.75) is 6.42 Å². The SMILES string of the molecule is O=C(NC[C@H]1CCN(C(=O)Nc2ccc(-n3ccccc3=O)cc2F)C1)c1ccc(Cl)s1. The van der Waals surface area contributed by atoms with Crippen LogP contribution in [0.5, 0.6) is 0 Å². The first kappa shape index (κ1) is 22.0. The molecule has 3 heterocycles. The Kier molecular flexibility index (Phi) is 6.57. The number of thiophene rings is 1. The zero-order valence-corrected chi connectivity index (χ0v) is 18.5. The fraction of sp³-hybridized carbons (Fsp3) is 0.227. The van der Waals surface area contributed by atoms with Gasteiger partial charge in [0.2, 0.25) is 0 Å². The highest BCUT2D eigenvalue weighted by Crippen LogP contribution is 2.23. The van der Waals surface area contributed by atoms with Gasteiger partial charge in [0.15, 0.2) is 0 Å². The third-order valence-corrected chi connectivity index (χ3v) is 6.45. The minimum Gasteiger partial charge on any atom is -0.351 e. The van der Waals surface area contributed by atoms with Gasteiger partial charge in [0.1, 0.15) is 5.82 Å². The summed E-state index contributed by atoms with van der Waals surface area (Å²) in [6.07, 6.45) is 2.28. The van der Waals surface area contributed by atoms with Crippen LogP contribution in [0.1, 0.15) is 16.1 Å². The Balaban J connectivity index is 1.32. The maximum atomic E-state index is 14.6. The number of amides is 3. The third kappa shape index (κ3) is 5.00. The Morgan fingerprint density at radius 3 is 2.75 bits per heavy atom. The minimum absolute atomic E-state index is 0.0362. The maximum Gasteiger partial charge on any atom is 0.321 e. The number of pyridine rings is 1. The lowest BCUT2D eigenvalue weighted by Gasteiger charge is -2.18. The number of nitrogens with zero attached hydrogens (tertiary/aromatic N) is 2. The molecule has 2 N–H and O–H groups in total. The predicted molar refractivity (Wildman–Crippen MR) is 122 cm³/mol. The number of urea groups is 1. The third-order valence-electron chi connectivity index (χ3n) is 5.22. The molecule has 0 spiro atoms. The van der Waals surface area contributed by atoms with E-state index in [1.54, 1.807) is 41.4 Å². The van der Waals surface area contributed by atoms with Gasteiger partial charge in [-0.1, -0.05) is 17.7 Å². The molecule has 166 valence electrons. The molecule has 1 aliphatic heterocycles. The molecule has 32 heavy (non-hydrogen) atoms. The summed E-state index contributed by atoms with van der Waals surface area (Å²) in [5, 5.41) is 5.45. The molecule has 0 radical (unpaired) electrons. The second-order valence-corrected chi connectivity index (χ2v) is 9.13. The quantitative estimate of drug-likeness (QED) is 0.586. The Morgan fingerprint density at radius 1 is 1.19 bits per heavy atom. The summed E-state index contributed by atoms with van der Waals surface area (Å²) in [4.78, 5) is 38.8. The largest absolute Gasteiger partial charge is 0.351 e. The van der Waals surface area contributed by atoms with Crippen molar-refractivity contribution in [2.75, 3.05) is 25.0 Å². The molecule has 1 saturated heterocycles. The monoisotopic (exact) mass is 474 g/mol. The zero-order chi connectivity index (χ0) is 22.7. The molecule has 7 nitrogen and oxygen atoms in total. The number of anilines is 1. The first-order valence-electron chi connectivity index (χ1n) is 9.98. The number of carbonyl (C=O) groups is 2. The summed E-state index contributed by atoms with van der Waals surface area (Å²) in [6, 6.07) is 11.8. The number of aromatic nitrogens is 1. The molecular formula is C22H20ClFN4O3S. The van der Waals surface area contributed by atoms with Crippen molar-refractivity contribution in [2.24, 2.45) is 5.92 Å². The Morgan fingerprint density at radius 2 is 2.03 bits per heavy atom. The van der Waals surface area contributed by atoms with Crippen molar-refractivity contribution < 1.29 is 14.0 Å². The first-order chi connectivity index (χ1) is 15.4. The van der Waals surface area contributed by atoms with Crippen molar-refractivity contribution in [3.63, 3.8) is 0 Å². The number of hydrogen-bond acceptors (Lipinski definition) is 4. The van der Waals surface area contributed by atoms with E-state index in [-0.39, 0.29) is 23.1 Å². The van der Waals surface area contributed by atoms with E-state index in [1.165, 1.54) is 34.1 Å². The summed E-state index contributed by atoms with van der Waals surface area (Å²) in [5.74, 6) is -0.717. The fourth-order valence-corrected chi connectivity index (χ4v) is 4.49. The smallest absolute Gasteiger partial charge is 0.321 e. The number of hydrogen-bond donors (Lipinski definition) is 2. The van der Waals surface area contributed by atoms with Crippen LogP contribution >= 0.6 is 22.9 Å². The molecule has 1 aromatic carbocycles. The van der Waals surface area contributed by atoms with Crippen LogP contribution in [-0.2, 0) is 0 Å². The molecule has 0 saturated carbocycles. The average Bonchev–Trinajstić information content (AvgIpc) is 3.43. The maximum absolute atomic E-state index is 14.6. The topological polar surface area (TPSA) is 83.4 Å². The van der Waals surface area contributed by atoms with Gasteiger partial charge in [0, 0.05) is 38.0 Å². The molecule has 4 rings (SSSR count). The Bertz CT molecular complexity index is 1210. The van der Waals surface area contributed by atoms with E-state index >= 15 is 0 Å². The number of likely N-dealkylation sites (tertiary alicyclic amines) is 1. The predicted octanol–water partition coefficient (Wildman–Crippen LogP) is 3.98. The Hall–Kier alpha value is -3.17. The van der Waals surface area contributed by atoms with E-state index in [0.717, 1.165) is 6.42 Å². The zero-order valence-electron chi connectivity index (χ0n) is 16.9. The van der Waals surface area contributed by atoms with Crippen molar-refractivity contribution >= 4 is 40.6 Å². The lowest BCUT2D eigenvalue weighted by atomic mass is 10.1. The van der Waals surface area contributed by atoms with Gasteiger partial charge in [-0.05, 0) is 42.7 Å². The van der Waals surface area contributed by atoms with Gasteiger partial charge in [0.25, 0.3) is 11.5 Å². The van der Waals surface area contributed by atoms with E-state index in [9.17, 15) is 18.8 Å². The van der Waals surface area contributed by atoms with Crippen molar-refractivity contribution in [3.8, 4) is 5.69 Å². The summed E-state index contributed by atoms with van der Waals surface area (Å²) in [6.45, 7) is 1.40. The summed E-state index contributed by atoms with van der Waals surface area (Å²) < 4.78 is 16.4. The number of carbonyl (C=O) groups excluding carboxylic acids is 2. The first-order valence-corrected chi connectivity index (χ1v) is 11.2. The molecule has 3 amide bonds. The Labute approximate surface area is 192 Å². The highest BCUT2D eigenvalue weighted by Gasteiger charge is 2.27. The summed E-state index contributed by atoms with van der Waals surface area (Å²) >= 11 is 7.07. The normalized spacial score (nSPS) is 15.6. The van der Waals surface area contributed by atoms with E-state index < -0.39 is 11.8 Å². The molecule has 0 unspecified atom stereocenters. The fourth-order valence-electron chi connectivity index (χ4n) is 3.53. The second-order valence-electron chi connectivity index (χ2n) is 7.42. The number of rotatable bonds is 5. The number of nitrogens with one attached hydrogen (secondary N) is 2. The number of halogens is 2. The molecule has 0 aliphatic carbocycles. The van der Waals surface area contributed by atoms with E-state index in [0.29, 0.717) is 34.5 Å². The van der Waals surface area contributed by atoms with Gasteiger partial charge >= 0.3 is 6.03 Å². The van der Waals surface area contributed by atoms with Crippen LogP contribution in [0, 0.1) is 11.7 Å². The average molecular weight is 475 g/mol. The standard InChI is InChI=1S/C22H20ClFN4O3S/c23-19-7-6-18(32-19)21(30)25-12-14-8-10-27(13-14)22(31)26-17-5-4-15(11-16(17)24)28-9-2-1-3-20(28)29/h1-7,9,11,14H,8,10,12-13H2,(H,25,30)(H,26,31)/t14-/m1/s1. The van der Waals surface area contributed by atoms with Gasteiger partial charge in [-0.3, -0.25) is 14.2 Å². The van der Waals surface area contributed by atoms with Crippen LogP contribution in [0.25, 0.3) is 5.69 Å². The van der Waals surface area contributed by atoms with E-state index in [2.05, 4.69) is 10.6 Å². The molecular weight excluding hydrogens is 455 g/mol. The molecule has 0 bridgehead atoms. The van der Waals surface area contributed by atoms with Gasteiger partial charge in [-0.25, -0.2) is 9.18 Å². The lowest BCUT2D eigenvalue weighted by Crippen LogP contribution is -2.35. The highest BCUT2D eigenvalue weighted by atomic mass is 35.5. The van der Waals surface area contributed by atoms with Gasteiger partial charge in [-0.15, -0.1) is 11.3 Å². The van der Waals surface area contributed by atoms with Crippen molar-refractivity contribution in [3.05, 3.63) is 80.1 Å². The molecule has 10 heteroatoms. The minimum atomic E-state index is -0.635. The van der Waals surface area contributed by atoms with Gasteiger partial charge in [-0.2, -0.15) is 0 Å². The second kappa shape index (κ2) is 9.54. The molecule has 3 aromatic rings. The molecule has 1 aliphatic rings. The molecule has 2 aromatic heterocycles. The van der Waals surface area contributed by atoms with Crippen LogP contribution < -0.4 is 16.2 Å². The van der Waals surface area contributed by atoms with Crippen LogP contribution in [-0.4, -0.2) is 41.0 Å². The van der Waals surface area contributed by atoms with Crippen molar-refractivity contribution in [1.82, 2.24) is 14.8 Å². The van der Waals surface area contributed by atoms with Crippen LogP contribution in [0.4, 0.5) is 14.9 Å². The van der Waals surface area contributed by atoms with Crippen LogP contribution in [0.2, 0.25) is 4.34 Å². The molecule has 1 fully saturated rings. The molecule has 1 atom stereocenters. The van der Waals surface area contributed by atoms with Gasteiger partial charge < -0.3 is 15.5 Å². The van der Waals surface area contributed by atoms with E-state index in [1.807, 2.05) is 0 Å². The summed E-state index contributed by atoms with van der Waals surface area (Å²) in [5.41, 5.74) is 0.130. The van der Waals surface area contributed by atoms with Crippen LogP contribution in [0.3, 0.4) is 0 Å². The number of benzene rings is 1. The van der Waals surface area contributed by atoms with Crippen LogP contribution in [0.15, 0.2) is 59.5 Å². The summed E-state index contributed by atoms with van der Waals surface area (Å²) in [7, 11) is 0.